The summed E-state index contributed by atoms with van der Waals surface area (Å²) < 4.78 is 66.6. The molecule has 0 unspecified atom stereocenters. The van der Waals surface area contributed by atoms with Crippen molar-refractivity contribution in [2.45, 2.75) is 36.7 Å². The molecular formula is C27H29NO8S2. The van der Waals surface area contributed by atoms with Gasteiger partial charge in [0.05, 0.1) is 25.3 Å². The van der Waals surface area contributed by atoms with E-state index in [2.05, 4.69) is 0 Å². The Labute approximate surface area is 223 Å². The van der Waals surface area contributed by atoms with Crippen LogP contribution in [0.2, 0.25) is 0 Å². The van der Waals surface area contributed by atoms with Crippen LogP contribution in [0.1, 0.15) is 23.1 Å². The molecule has 9 nitrogen and oxygen atoms in total. The second kappa shape index (κ2) is 12.5. The second-order valence-electron chi connectivity index (χ2n) is 8.96. The first kappa shape index (κ1) is 27.8. The molecule has 0 aliphatic carbocycles. The third-order valence-electron chi connectivity index (χ3n) is 5.91. The van der Waals surface area contributed by atoms with Crippen molar-refractivity contribution in [3.63, 3.8) is 0 Å². The van der Waals surface area contributed by atoms with Crippen LogP contribution in [0.5, 0.6) is 0 Å². The van der Waals surface area contributed by atoms with Gasteiger partial charge < -0.3 is 9.64 Å². The first-order chi connectivity index (χ1) is 18.2. The monoisotopic (exact) mass is 559 g/mol. The standard InChI is InChI=1S/C27H29NO8S2/c29-27(34-18-22-10-4-1-5-11-22)28-17-26(36-38(32,33)21-24-14-8-3-9-15-24)16-25(28)19-35-37(30,31)20-23-12-6-2-7-13-23/h1-15,25-26H,16-21H2/t25-,26+/m0/s1. The van der Waals surface area contributed by atoms with E-state index >= 15 is 0 Å². The second-order valence-corrected chi connectivity index (χ2v) is 12.2. The largest absolute Gasteiger partial charge is 0.445 e. The van der Waals surface area contributed by atoms with Gasteiger partial charge in [0.15, 0.2) is 0 Å². The zero-order valence-corrected chi connectivity index (χ0v) is 22.2. The Morgan fingerprint density at radius 1 is 0.737 bits per heavy atom. The van der Waals surface area contributed by atoms with Crippen molar-refractivity contribution < 1.29 is 34.7 Å². The number of likely N-dealkylation sites (tertiary alicyclic amines) is 1. The zero-order chi connectivity index (χ0) is 27.0. The maximum absolute atomic E-state index is 12.9. The Hall–Kier alpha value is -3.25. The van der Waals surface area contributed by atoms with Gasteiger partial charge >= 0.3 is 6.09 Å². The molecule has 0 aromatic heterocycles. The van der Waals surface area contributed by atoms with Gasteiger partial charge in [0.1, 0.15) is 18.1 Å². The molecule has 0 N–H and O–H groups in total. The zero-order valence-electron chi connectivity index (χ0n) is 20.6. The maximum Gasteiger partial charge on any atom is 0.410 e. The van der Waals surface area contributed by atoms with Gasteiger partial charge in [0, 0.05) is 0 Å². The lowest BCUT2D eigenvalue weighted by molar-refractivity contribution is 0.0810. The van der Waals surface area contributed by atoms with Crippen LogP contribution in [0.25, 0.3) is 0 Å². The molecule has 0 radical (unpaired) electrons. The van der Waals surface area contributed by atoms with Crippen molar-refractivity contribution in [1.82, 2.24) is 4.90 Å². The minimum Gasteiger partial charge on any atom is -0.445 e. The van der Waals surface area contributed by atoms with E-state index in [4.69, 9.17) is 13.1 Å². The highest BCUT2D eigenvalue weighted by Crippen LogP contribution is 2.25. The predicted molar refractivity (Wildman–Crippen MR) is 141 cm³/mol. The highest BCUT2D eigenvalue weighted by molar-refractivity contribution is 7.86. The van der Waals surface area contributed by atoms with E-state index < -0.39 is 38.5 Å². The predicted octanol–water partition coefficient (Wildman–Crippen LogP) is 3.86. The third-order valence-corrected chi connectivity index (χ3v) is 8.35. The molecular weight excluding hydrogens is 530 g/mol. The minimum absolute atomic E-state index is 0.00782. The Morgan fingerprint density at radius 2 is 1.24 bits per heavy atom. The fourth-order valence-corrected chi connectivity index (χ4v) is 6.42. The van der Waals surface area contributed by atoms with E-state index in [0.717, 1.165) is 5.56 Å². The number of benzene rings is 3. The Morgan fingerprint density at radius 3 is 1.79 bits per heavy atom. The van der Waals surface area contributed by atoms with Gasteiger partial charge in [-0.05, 0) is 23.1 Å². The molecule has 3 aromatic rings. The van der Waals surface area contributed by atoms with Crippen LogP contribution in [-0.2, 0) is 51.5 Å². The normalized spacial score (nSPS) is 17.8. The Balaban J connectivity index is 1.42. The van der Waals surface area contributed by atoms with Crippen molar-refractivity contribution in [1.29, 1.82) is 0 Å². The lowest BCUT2D eigenvalue weighted by atomic mass is 10.2. The molecule has 3 aromatic carbocycles. The molecule has 0 spiro atoms. The summed E-state index contributed by atoms with van der Waals surface area (Å²) >= 11 is 0. The van der Waals surface area contributed by atoms with Crippen molar-refractivity contribution in [2.24, 2.45) is 0 Å². The summed E-state index contributed by atoms with van der Waals surface area (Å²) in [5.41, 5.74) is 1.90. The number of nitrogens with zero attached hydrogens (tertiary/aromatic N) is 1. The lowest BCUT2D eigenvalue weighted by Gasteiger charge is -2.23. The van der Waals surface area contributed by atoms with Crippen molar-refractivity contribution >= 4 is 26.3 Å². The number of carbonyl (C=O) groups excluding carboxylic acids is 1. The van der Waals surface area contributed by atoms with Crippen molar-refractivity contribution in [2.75, 3.05) is 13.2 Å². The van der Waals surface area contributed by atoms with Crippen molar-refractivity contribution in [3.05, 3.63) is 108 Å². The van der Waals surface area contributed by atoms with E-state index in [1.54, 1.807) is 72.8 Å². The van der Waals surface area contributed by atoms with Crippen LogP contribution in [-0.4, -0.2) is 53.1 Å². The first-order valence-electron chi connectivity index (χ1n) is 12.0. The molecule has 4 rings (SSSR count). The molecule has 0 saturated carbocycles. The van der Waals surface area contributed by atoms with E-state index in [0.29, 0.717) is 11.1 Å². The summed E-state index contributed by atoms with van der Waals surface area (Å²) in [6.07, 6.45) is -1.53. The van der Waals surface area contributed by atoms with Crippen LogP contribution < -0.4 is 0 Å². The molecule has 1 amide bonds. The van der Waals surface area contributed by atoms with Crippen molar-refractivity contribution in [3.8, 4) is 0 Å². The molecule has 11 heteroatoms. The Kier molecular flexibility index (Phi) is 9.16. The fraction of sp³-hybridized carbons (Fsp3) is 0.296. The highest BCUT2D eigenvalue weighted by Gasteiger charge is 2.40. The van der Waals surface area contributed by atoms with Gasteiger partial charge in [-0.2, -0.15) is 16.8 Å². The number of amides is 1. The molecule has 1 fully saturated rings. The van der Waals surface area contributed by atoms with Crippen LogP contribution in [0.15, 0.2) is 91.0 Å². The van der Waals surface area contributed by atoms with E-state index in [1.807, 2.05) is 18.2 Å². The fourth-order valence-electron chi connectivity index (χ4n) is 4.15. The third kappa shape index (κ3) is 8.38. The van der Waals surface area contributed by atoms with Crippen LogP contribution in [0.4, 0.5) is 4.79 Å². The van der Waals surface area contributed by atoms with Gasteiger partial charge in [-0.1, -0.05) is 91.0 Å². The number of ether oxygens (including phenoxy) is 1. The van der Waals surface area contributed by atoms with E-state index in [9.17, 15) is 21.6 Å². The van der Waals surface area contributed by atoms with Crippen LogP contribution >= 0.6 is 0 Å². The summed E-state index contributed by atoms with van der Waals surface area (Å²) in [5.74, 6) is -0.653. The Bertz CT molecular complexity index is 1400. The van der Waals surface area contributed by atoms with Gasteiger partial charge in [-0.3, -0.25) is 8.37 Å². The molecule has 202 valence electrons. The van der Waals surface area contributed by atoms with Gasteiger partial charge in [0.2, 0.25) is 0 Å². The number of hydrogen-bond acceptors (Lipinski definition) is 8. The first-order valence-corrected chi connectivity index (χ1v) is 15.2. The van der Waals surface area contributed by atoms with Crippen LogP contribution in [0.3, 0.4) is 0 Å². The van der Waals surface area contributed by atoms with Gasteiger partial charge in [-0.15, -0.1) is 0 Å². The van der Waals surface area contributed by atoms with Gasteiger partial charge in [0.25, 0.3) is 20.2 Å². The summed E-state index contributed by atoms with van der Waals surface area (Å²) in [6.45, 7) is -0.434. The topological polar surface area (TPSA) is 116 Å². The molecule has 0 bridgehead atoms. The van der Waals surface area contributed by atoms with Crippen LogP contribution in [0, 0.1) is 0 Å². The number of rotatable bonds is 11. The summed E-state index contributed by atoms with van der Waals surface area (Å²) in [5, 5.41) is 0. The lowest BCUT2D eigenvalue weighted by Crippen LogP contribution is -2.39. The maximum atomic E-state index is 12.9. The highest BCUT2D eigenvalue weighted by atomic mass is 32.2. The van der Waals surface area contributed by atoms with E-state index in [-0.39, 0.29) is 37.7 Å². The quantitative estimate of drug-likeness (QED) is 0.325. The molecule has 1 aliphatic heterocycles. The molecule has 1 aliphatic rings. The SMILES string of the molecule is O=C(OCc1ccccc1)N1C[C@H](OS(=O)(=O)Cc2ccccc2)C[C@H]1COS(=O)(=O)Cc1ccccc1. The summed E-state index contributed by atoms with van der Waals surface area (Å²) in [6, 6.07) is 25.5. The van der Waals surface area contributed by atoms with E-state index in [1.165, 1.54) is 4.90 Å². The summed E-state index contributed by atoms with van der Waals surface area (Å²) in [4.78, 5) is 14.2. The average Bonchev–Trinajstić information content (AvgIpc) is 3.29. The minimum atomic E-state index is -3.97. The smallest absolute Gasteiger partial charge is 0.410 e. The number of hydrogen-bond donors (Lipinski definition) is 0. The molecule has 2 atom stereocenters. The average molecular weight is 560 g/mol. The number of carbonyl (C=O) groups is 1. The molecule has 1 heterocycles. The summed E-state index contributed by atoms with van der Waals surface area (Å²) in [7, 11) is -7.93. The molecule has 38 heavy (non-hydrogen) atoms. The van der Waals surface area contributed by atoms with Gasteiger partial charge in [-0.25, -0.2) is 4.79 Å². The molecule has 1 saturated heterocycles.